The van der Waals surface area contributed by atoms with Crippen LogP contribution in [0.25, 0.3) is 6.08 Å². The maximum atomic E-state index is 12.9. The van der Waals surface area contributed by atoms with Crippen molar-refractivity contribution in [3.05, 3.63) is 53.9 Å². The first kappa shape index (κ1) is 18.0. The molecule has 0 bridgehead atoms. The SMILES string of the molecule is COc1ccc(N2C(=O)NC(=O)/C(=C/c3ccn(C4CCCC4)c3)C2=O)cc1. The van der Waals surface area contributed by atoms with Gasteiger partial charge in [0.15, 0.2) is 0 Å². The number of methoxy groups -OCH3 is 1. The molecule has 1 N–H and O–H groups in total. The summed E-state index contributed by atoms with van der Waals surface area (Å²) >= 11 is 0. The van der Waals surface area contributed by atoms with E-state index in [2.05, 4.69) is 9.88 Å². The lowest BCUT2D eigenvalue weighted by Gasteiger charge is -2.26. The number of urea groups is 1. The lowest BCUT2D eigenvalue weighted by atomic mass is 10.1. The predicted octanol–water partition coefficient (Wildman–Crippen LogP) is 3.28. The van der Waals surface area contributed by atoms with Gasteiger partial charge in [-0.3, -0.25) is 14.9 Å². The average Bonchev–Trinajstić information content (AvgIpc) is 3.37. The van der Waals surface area contributed by atoms with E-state index in [9.17, 15) is 14.4 Å². The molecule has 28 heavy (non-hydrogen) atoms. The zero-order valence-corrected chi connectivity index (χ0v) is 15.6. The Bertz CT molecular complexity index is 952. The molecule has 1 aliphatic carbocycles. The quantitative estimate of drug-likeness (QED) is 0.653. The highest BCUT2D eigenvalue weighted by Crippen LogP contribution is 2.30. The topological polar surface area (TPSA) is 80.6 Å². The Hall–Kier alpha value is -3.35. The number of hydrogen-bond acceptors (Lipinski definition) is 4. The van der Waals surface area contributed by atoms with Gasteiger partial charge in [-0.15, -0.1) is 0 Å². The smallest absolute Gasteiger partial charge is 0.335 e. The Kier molecular flexibility index (Phi) is 4.73. The van der Waals surface area contributed by atoms with Gasteiger partial charge in [0.05, 0.1) is 12.8 Å². The van der Waals surface area contributed by atoms with Gasteiger partial charge in [0.2, 0.25) is 0 Å². The molecule has 7 nitrogen and oxygen atoms in total. The van der Waals surface area contributed by atoms with E-state index in [1.807, 2.05) is 18.5 Å². The fourth-order valence-corrected chi connectivity index (χ4v) is 3.74. The third-order valence-corrected chi connectivity index (χ3v) is 5.23. The van der Waals surface area contributed by atoms with Crippen molar-refractivity contribution in [2.75, 3.05) is 12.0 Å². The second-order valence-electron chi connectivity index (χ2n) is 6.99. The second-order valence-corrected chi connectivity index (χ2v) is 6.99. The van der Waals surface area contributed by atoms with Gasteiger partial charge in [-0.2, -0.15) is 0 Å². The van der Waals surface area contributed by atoms with E-state index in [1.165, 1.54) is 26.0 Å². The van der Waals surface area contributed by atoms with E-state index in [0.29, 0.717) is 17.5 Å². The Morgan fingerprint density at radius 1 is 1.07 bits per heavy atom. The largest absolute Gasteiger partial charge is 0.497 e. The van der Waals surface area contributed by atoms with Crippen LogP contribution in [0.2, 0.25) is 0 Å². The van der Waals surface area contributed by atoms with Crippen molar-refractivity contribution < 1.29 is 19.1 Å². The Balaban J connectivity index is 1.62. The molecule has 144 valence electrons. The van der Waals surface area contributed by atoms with Crippen LogP contribution in [0.3, 0.4) is 0 Å². The van der Waals surface area contributed by atoms with E-state index in [0.717, 1.165) is 23.3 Å². The molecule has 1 aliphatic heterocycles. The molecule has 0 radical (unpaired) electrons. The minimum atomic E-state index is -0.763. The highest BCUT2D eigenvalue weighted by atomic mass is 16.5. The van der Waals surface area contributed by atoms with Gasteiger partial charge in [0, 0.05) is 18.4 Å². The van der Waals surface area contributed by atoms with Crippen LogP contribution in [-0.4, -0.2) is 29.5 Å². The molecule has 0 unspecified atom stereocenters. The molecule has 2 aromatic rings. The lowest BCUT2D eigenvalue weighted by molar-refractivity contribution is -0.122. The van der Waals surface area contributed by atoms with Crippen LogP contribution in [-0.2, 0) is 9.59 Å². The van der Waals surface area contributed by atoms with Gasteiger partial charge in [-0.1, -0.05) is 12.8 Å². The molecule has 2 aliphatic rings. The number of carbonyl (C=O) groups is 3. The number of nitrogens with one attached hydrogen (secondary N) is 1. The minimum absolute atomic E-state index is 0.0698. The molecule has 1 saturated heterocycles. The van der Waals surface area contributed by atoms with Gasteiger partial charge in [0.1, 0.15) is 11.3 Å². The summed E-state index contributed by atoms with van der Waals surface area (Å²) in [6.07, 6.45) is 10.2. The number of carbonyl (C=O) groups excluding carboxylic acids is 3. The van der Waals surface area contributed by atoms with E-state index >= 15 is 0 Å². The highest BCUT2D eigenvalue weighted by Gasteiger charge is 2.36. The molecule has 7 heteroatoms. The summed E-state index contributed by atoms with van der Waals surface area (Å²) in [5.74, 6) is -0.727. The summed E-state index contributed by atoms with van der Waals surface area (Å²) in [7, 11) is 1.53. The first-order valence-corrected chi connectivity index (χ1v) is 9.30. The average molecular weight is 379 g/mol. The number of nitrogens with zero attached hydrogens (tertiary/aromatic N) is 2. The van der Waals surface area contributed by atoms with Crippen molar-refractivity contribution in [1.82, 2.24) is 9.88 Å². The molecule has 1 saturated carbocycles. The summed E-state index contributed by atoms with van der Waals surface area (Å²) in [6.45, 7) is 0. The van der Waals surface area contributed by atoms with Crippen molar-refractivity contribution in [2.45, 2.75) is 31.7 Å². The number of anilines is 1. The summed E-state index contributed by atoms with van der Waals surface area (Å²) in [5.41, 5.74) is 1.05. The fourth-order valence-electron chi connectivity index (χ4n) is 3.74. The van der Waals surface area contributed by atoms with Gasteiger partial charge < -0.3 is 9.30 Å². The Morgan fingerprint density at radius 3 is 2.46 bits per heavy atom. The molecule has 2 heterocycles. The van der Waals surface area contributed by atoms with Crippen molar-refractivity contribution >= 4 is 29.6 Å². The molecule has 0 spiro atoms. The lowest BCUT2D eigenvalue weighted by Crippen LogP contribution is -2.54. The van der Waals surface area contributed by atoms with Crippen molar-refractivity contribution in [3.8, 4) is 5.75 Å². The van der Waals surface area contributed by atoms with Crippen molar-refractivity contribution in [2.24, 2.45) is 0 Å². The number of aromatic nitrogens is 1. The molecule has 1 aromatic carbocycles. The van der Waals surface area contributed by atoms with Gasteiger partial charge in [-0.25, -0.2) is 9.69 Å². The van der Waals surface area contributed by atoms with Crippen molar-refractivity contribution in [1.29, 1.82) is 0 Å². The first-order valence-electron chi connectivity index (χ1n) is 9.30. The molecule has 2 fully saturated rings. The van der Waals surface area contributed by atoms with E-state index in [-0.39, 0.29) is 5.57 Å². The maximum absolute atomic E-state index is 12.9. The van der Waals surface area contributed by atoms with Crippen LogP contribution in [0, 0.1) is 0 Å². The zero-order chi connectivity index (χ0) is 19.7. The number of amides is 4. The summed E-state index contributed by atoms with van der Waals surface area (Å²) in [5, 5.41) is 2.24. The van der Waals surface area contributed by atoms with Crippen LogP contribution in [0.1, 0.15) is 37.3 Å². The van der Waals surface area contributed by atoms with Gasteiger partial charge >= 0.3 is 6.03 Å². The standard InChI is InChI=1S/C21H21N3O4/c1-28-17-8-6-16(7-9-17)24-20(26)18(19(25)22-21(24)27)12-14-10-11-23(13-14)15-4-2-3-5-15/h6-13,15H,2-5H2,1H3,(H,22,25,27)/b18-12-. The summed E-state index contributed by atoms with van der Waals surface area (Å²) in [4.78, 5) is 38.4. The number of hydrogen-bond donors (Lipinski definition) is 1. The number of barbiturate groups is 1. The predicted molar refractivity (Wildman–Crippen MR) is 104 cm³/mol. The Morgan fingerprint density at radius 2 is 1.79 bits per heavy atom. The van der Waals surface area contributed by atoms with Crippen LogP contribution in [0.4, 0.5) is 10.5 Å². The van der Waals surface area contributed by atoms with Gasteiger partial charge in [0.25, 0.3) is 11.8 Å². The zero-order valence-electron chi connectivity index (χ0n) is 15.6. The minimum Gasteiger partial charge on any atom is -0.497 e. The van der Waals surface area contributed by atoms with E-state index < -0.39 is 17.8 Å². The van der Waals surface area contributed by atoms with E-state index in [4.69, 9.17) is 4.74 Å². The molecule has 4 rings (SSSR count). The fraction of sp³-hybridized carbons (Fsp3) is 0.286. The third-order valence-electron chi connectivity index (χ3n) is 5.23. The van der Waals surface area contributed by atoms with Crippen LogP contribution >= 0.6 is 0 Å². The number of ether oxygens (including phenoxy) is 1. The first-order chi connectivity index (χ1) is 13.6. The van der Waals surface area contributed by atoms with Crippen molar-refractivity contribution in [3.63, 3.8) is 0 Å². The third kappa shape index (κ3) is 3.31. The number of rotatable bonds is 4. The van der Waals surface area contributed by atoms with Crippen LogP contribution < -0.4 is 15.0 Å². The van der Waals surface area contributed by atoms with Crippen LogP contribution in [0.15, 0.2) is 48.3 Å². The number of benzene rings is 1. The molecular formula is C21H21N3O4. The normalized spacial score (nSPS) is 19.4. The summed E-state index contributed by atoms with van der Waals surface area (Å²) in [6, 6.07) is 8.08. The Labute approximate surface area is 162 Å². The van der Waals surface area contributed by atoms with Crippen LogP contribution in [0.5, 0.6) is 5.75 Å². The van der Waals surface area contributed by atoms with Gasteiger partial charge in [-0.05, 0) is 54.8 Å². The second kappa shape index (κ2) is 7.34. The van der Waals surface area contributed by atoms with E-state index in [1.54, 1.807) is 24.3 Å². The molecule has 4 amide bonds. The monoisotopic (exact) mass is 379 g/mol. The molecular weight excluding hydrogens is 358 g/mol. The maximum Gasteiger partial charge on any atom is 0.335 e. The summed E-state index contributed by atoms with van der Waals surface area (Å²) < 4.78 is 7.24. The number of imide groups is 2. The molecule has 0 atom stereocenters. The highest BCUT2D eigenvalue weighted by molar-refractivity contribution is 6.39. The molecule has 1 aromatic heterocycles.